The molecule has 0 saturated carbocycles. The van der Waals surface area contributed by atoms with Gasteiger partial charge in [0.2, 0.25) is 5.91 Å². The molecule has 6 nitrogen and oxygen atoms in total. The minimum Gasteiger partial charge on any atom is -0.395 e. The lowest BCUT2D eigenvalue weighted by atomic mass is 10.2. The fourth-order valence-electron chi connectivity index (χ4n) is 1.68. The van der Waals surface area contributed by atoms with E-state index in [0.29, 0.717) is 18.7 Å². The zero-order valence-electron chi connectivity index (χ0n) is 11.8. The molecule has 0 bridgehead atoms. The van der Waals surface area contributed by atoms with Crippen LogP contribution in [0.1, 0.15) is 10.4 Å². The van der Waals surface area contributed by atoms with E-state index in [2.05, 4.69) is 21.2 Å². The second kappa shape index (κ2) is 9.49. The van der Waals surface area contributed by atoms with E-state index < -0.39 is 0 Å². The molecule has 1 rings (SSSR count). The molecule has 2 N–H and O–H groups in total. The Morgan fingerprint density at radius 1 is 1.38 bits per heavy atom. The first-order valence-corrected chi connectivity index (χ1v) is 7.29. The van der Waals surface area contributed by atoms with Crippen LogP contribution in [0.2, 0.25) is 0 Å². The normalized spacial score (nSPS) is 10.2. The number of aliphatic hydroxyl groups is 1. The second-order valence-electron chi connectivity index (χ2n) is 4.29. The molecular weight excluding hydrogens is 340 g/mol. The first kappa shape index (κ1) is 17.6. The molecule has 0 spiro atoms. The number of ether oxygens (including phenoxy) is 1. The van der Waals surface area contributed by atoms with Gasteiger partial charge in [-0.05, 0) is 18.2 Å². The molecule has 0 atom stereocenters. The standard InChI is InChI=1S/C14H19BrN2O4/c1-21-8-6-17(5-7-18)13(19)10-16-14(20)11-3-2-4-12(15)9-11/h2-4,9,18H,5-8,10H2,1H3,(H,16,20). The van der Waals surface area contributed by atoms with Crippen LogP contribution in [0.5, 0.6) is 0 Å². The monoisotopic (exact) mass is 358 g/mol. The average Bonchev–Trinajstić information content (AvgIpc) is 2.48. The van der Waals surface area contributed by atoms with Gasteiger partial charge in [-0.15, -0.1) is 0 Å². The molecule has 0 aliphatic rings. The van der Waals surface area contributed by atoms with Gasteiger partial charge < -0.3 is 20.1 Å². The summed E-state index contributed by atoms with van der Waals surface area (Å²) in [6.45, 7) is 0.729. The number of hydrogen-bond acceptors (Lipinski definition) is 4. The van der Waals surface area contributed by atoms with E-state index in [4.69, 9.17) is 9.84 Å². The third-order valence-electron chi connectivity index (χ3n) is 2.77. The number of nitrogens with zero attached hydrogens (tertiary/aromatic N) is 1. The Bertz CT molecular complexity index is 482. The summed E-state index contributed by atoms with van der Waals surface area (Å²) in [6.07, 6.45) is 0. The van der Waals surface area contributed by atoms with Crippen molar-refractivity contribution in [1.82, 2.24) is 10.2 Å². The topological polar surface area (TPSA) is 78.9 Å². The summed E-state index contributed by atoms with van der Waals surface area (Å²) < 4.78 is 5.70. The first-order chi connectivity index (χ1) is 10.1. The summed E-state index contributed by atoms with van der Waals surface area (Å²) >= 11 is 3.29. The van der Waals surface area contributed by atoms with Crippen LogP contribution in [0.25, 0.3) is 0 Å². The Morgan fingerprint density at radius 3 is 2.76 bits per heavy atom. The smallest absolute Gasteiger partial charge is 0.251 e. The maximum atomic E-state index is 12.0. The molecule has 7 heteroatoms. The Kier molecular flexibility index (Phi) is 7.96. The van der Waals surface area contributed by atoms with E-state index in [1.54, 1.807) is 18.2 Å². The number of hydrogen-bond donors (Lipinski definition) is 2. The molecule has 116 valence electrons. The van der Waals surface area contributed by atoms with E-state index >= 15 is 0 Å². The first-order valence-electron chi connectivity index (χ1n) is 6.49. The molecule has 1 aromatic carbocycles. The molecule has 21 heavy (non-hydrogen) atoms. The van der Waals surface area contributed by atoms with Gasteiger partial charge in [-0.1, -0.05) is 22.0 Å². The second-order valence-corrected chi connectivity index (χ2v) is 5.21. The van der Waals surface area contributed by atoms with Gasteiger partial charge in [-0.3, -0.25) is 9.59 Å². The number of carbonyl (C=O) groups excluding carboxylic acids is 2. The number of methoxy groups -OCH3 is 1. The van der Waals surface area contributed by atoms with Crippen molar-refractivity contribution in [1.29, 1.82) is 0 Å². The van der Waals surface area contributed by atoms with E-state index in [1.165, 1.54) is 12.0 Å². The summed E-state index contributed by atoms with van der Waals surface area (Å²) in [5.74, 6) is -0.579. The molecule has 0 unspecified atom stereocenters. The summed E-state index contributed by atoms with van der Waals surface area (Å²) in [6, 6.07) is 6.91. The number of aliphatic hydroxyl groups excluding tert-OH is 1. The van der Waals surface area contributed by atoms with Gasteiger partial charge in [0.05, 0.1) is 19.8 Å². The lowest BCUT2D eigenvalue weighted by molar-refractivity contribution is -0.131. The lowest BCUT2D eigenvalue weighted by Crippen LogP contribution is -2.42. The van der Waals surface area contributed by atoms with Crippen molar-refractivity contribution in [2.45, 2.75) is 0 Å². The number of carbonyl (C=O) groups is 2. The Hall–Kier alpha value is -1.44. The lowest BCUT2D eigenvalue weighted by Gasteiger charge is -2.21. The zero-order chi connectivity index (χ0) is 15.7. The van der Waals surface area contributed by atoms with Crippen molar-refractivity contribution in [3.8, 4) is 0 Å². The van der Waals surface area contributed by atoms with Gasteiger partial charge in [0, 0.05) is 30.2 Å². The van der Waals surface area contributed by atoms with Crippen LogP contribution in [0, 0.1) is 0 Å². The molecule has 0 radical (unpaired) electrons. The maximum absolute atomic E-state index is 12.0. The van der Waals surface area contributed by atoms with Crippen molar-refractivity contribution in [2.24, 2.45) is 0 Å². The van der Waals surface area contributed by atoms with Crippen LogP contribution in [-0.4, -0.2) is 61.8 Å². The van der Waals surface area contributed by atoms with E-state index in [-0.39, 0.29) is 31.5 Å². The van der Waals surface area contributed by atoms with Gasteiger partial charge in [0.15, 0.2) is 0 Å². The third kappa shape index (κ3) is 6.24. The fraction of sp³-hybridized carbons (Fsp3) is 0.429. The number of benzene rings is 1. The molecular formula is C14H19BrN2O4. The van der Waals surface area contributed by atoms with Crippen molar-refractivity contribution in [3.63, 3.8) is 0 Å². The Morgan fingerprint density at radius 2 is 2.14 bits per heavy atom. The Labute approximate surface area is 132 Å². The molecule has 0 saturated heterocycles. The quantitative estimate of drug-likeness (QED) is 0.714. The molecule has 0 aliphatic heterocycles. The van der Waals surface area contributed by atoms with Crippen LogP contribution >= 0.6 is 15.9 Å². The van der Waals surface area contributed by atoms with Gasteiger partial charge >= 0.3 is 0 Å². The number of nitrogens with one attached hydrogen (secondary N) is 1. The third-order valence-corrected chi connectivity index (χ3v) is 3.27. The van der Waals surface area contributed by atoms with Gasteiger partial charge in [0.1, 0.15) is 0 Å². The van der Waals surface area contributed by atoms with E-state index in [0.717, 1.165) is 4.47 Å². The van der Waals surface area contributed by atoms with Crippen molar-refractivity contribution in [2.75, 3.05) is 40.0 Å². The fourth-order valence-corrected chi connectivity index (χ4v) is 2.08. The van der Waals surface area contributed by atoms with Crippen molar-refractivity contribution in [3.05, 3.63) is 34.3 Å². The Balaban J connectivity index is 2.51. The molecule has 2 amide bonds. The van der Waals surface area contributed by atoms with Gasteiger partial charge in [-0.25, -0.2) is 0 Å². The minimum atomic E-state index is -0.319. The van der Waals surface area contributed by atoms with E-state index in [9.17, 15) is 9.59 Å². The SMILES string of the molecule is COCCN(CCO)C(=O)CNC(=O)c1cccc(Br)c1. The van der Waals surface area contributed by atoms with Crippen LogP contribution in [0.15, 0.2) is 28.7 Å². The number of amides is 2. The number of halogens is 1. The average molecular weight is 359 g/mol. The largest absolute Gasteiger partial charge is 0.395 e. The molecule has 0 aromatic heterocycles. The summed E-state index contributed by atoms with van der Waals surface area (Å²) in [7, 11) is 1.54. The summed E-state index contributed by atoms with van der Waals surface area (Å²) in [5, 5.41) is 11.5. The maximum Gasteiger partial charge on any atom is 0.251 e. The van der Waals surface area contributed by atoms with Crippen LogP contribution in [-0.2, 0) is 9.53 Å². The van der Waals surface area contributed by atoms with Gasteiger partial charge in [-0.2, -0.15) is 0 Å². The summed E-state index contributed by atoms with van der Waals surface area (Å²) in [4.78, 5) is 25.3. The van der Waals surface area contributed by atoms with Crippen molar-refractivity contribution < 1.29 is 19.4 Å². The minimum absolute atomic E-state index is 0.116. The highest BCUT2D eigenvalue weighted by molar-refractivity contribution is 9.10. The highest BCUT2D eigenvalue weighted by Gasteiger charge is 2.14. The highest BCUT2D eigenvalue weighted by atomic mass is 79.9. The van der Waals surface area contributed by atoms with Gasteiger partial charge in [0.25, 0.3) is 5.91 Å². The molecule has 0 heterocycles. The van der Waals surface area contributed by atoms with Crippen LogP contribution in [0.4, 0.5) is 0 Å². The number of rotatable bonds is 8. The van der Waals surface area contributed by atoms with Crippen LogP contribution < -0.4 is 5.32 Å². The van der Waals surface area contributed by atoms with Crippen LogP contribution in [0.3, 0.4) is 0 Å². The van der Waals surface area contributed by atoms with Crippen molar-refractivity contribution >= 4 is 27.7 Å². The predicted molar refractivity (Wildman–Crippen MR) is 82.0 cm³/mol. The molecule has 0 aliphatic carbocycles. The molecule has 0 fully saturated rings. The predicted octanol–water partition coefficient (Wildman–Crippen LogP) is 0.646. The highest BCUT2D eigenvalue weighted by Crippen LogP contribution is 2.11. The zero-order valence-corrected chi connectivity index (χ0v) is 13.4. The molecule has 1 aromatic rings. The summed E-state index contributed by atoms with van der Waals surface area (Å²) in [5.41, 5.74) is 0.475. The van der Waals surface area contributed by atoms with E-state index in [1.807, 2.05) is 6.07 Å².